The van der Waals surface area contributed by atoms with E-state index >= 15 is 0 Å². The molecule has 0 aliphatic rings. The number of imidazole rings is 2. The van der Waals surface area contributed by atoms with Crippen molar-refractivity contribution in [2.24, 2.45) is 0 Å². The first-order valence-corrected chi connectivity index (χ1v) is 16.7. The van der Waals surface area contributed by atoms with Crippen molar-refractivity contribution in [3.8, 4) is 22.3 Å². The molecule has 4 nitrogen and oxygen atoms in total. The average molecular weight is 624 g/mol. The Hall–Kier alpha value is -6.65. The molecule has 0 radical (unpaired) electrons. The summed E-state index contributed by atoms with van der Waals surface area (Å²) in [7, 11) is 0. The molecule has 4 heteroatoms. The van der Waals surface area contributed by atoms with Crippen molar-refractivity contribution in [1.82, 2.24) is 13.8 Å². The summed E-state index contributed by atoms with van der Waals surface area (Å²) in [5.41, 5.74) is 12.3. The first-order chi connectivity index (χ1) is 24.2. The second-order valence-electron chi connectivity index (χ2n) is 13.3. The summed E-state index contributed by atoms with van der Waals surface area (Å²) >= 11 is 0. The van der Waals surface area contributed by atoms with E-state index in [9.17, 15) is 0 Å². The van der Waals surface area contributed by atoms with E-state index in [0.717, 1.165) is 38.7 Å². The van der Waals surface area contributed by atoms with Crippen LogP contribution in [0, 0.1) is 0 Å². The largest absolute Gasteiger partial charge is 0.456 e. The Morgan fingerprint density at radius 2 is 1.00 bits per heavy atom. The topological polar surface area (TPSA) is 34.9 Å². The van der Waals surface area contributed by atoms with Crippen molar-refractivity contribution in [2.75, 3.05) is 0 Å². The van der Waals surface area contributed by atoms with Crippen molar-refractivity contribution in [3.63, 3.8) is 0 Å². The molecule has 226 valence electrons. The van der Waals surface area contributed by atoms with Crippen LogP contribution < -0.4 is 0 Å². The molecule has 0 fully saturated rings. The van der Waals surface area contributed by atoms with Crippen LogP contribution in [-0.2, 0) is 0 Å². The zero-order valence-corrected chi connectivity index (χ0v) is 26.2. The van der Waals surface area contributed by atoms with Crippen LogP contribution >= 0.6 is 0 Å². The predicted octanol–water partition coefficient (Wildman–Crippen LogP) is 12.0. The van der Waals surface area contributed by atoms with E-state index in [4.69, 9.17) is 9.40 Å². The fourth-order valence-electron chi connectivity index (χ4n) is 8.25. The Labute approximate surface area is 279 Å². The molecule has 0 unspecified atom stereocenters. The van der Waals surface area contributed by atoms with Gasteiger partial charge in [0, 0.05) is 21.5 Å². The van der Waals surface area contributed by atoms with Crippen molar-refractivity contribution in [1.29, 1.82) is 0 Å². The predicted molar refractivity (Wildman–Crippen MR) is 203 cm³/mol. The number of fused-ring (bicyclic) bond motifs is 13. The normalized spacial score (nSPS) is 12.5. The molecule has 0 amide bonds. The highest BCUT2D eigenvalue weighted by molar-refractivity contribution is 6.20. The van der Waals surface area contributed by atoms with Gasteiger partial charge >= 0.3 is 0 Å². The third kappa shape index (κ3) is 3.39. The Morgan fingerprint density at radius 3 is 1.80 bits per heavy atom. The van der Waals surface area contributed by atoms with Crippen molar-refractivity contribution >= 4 is 87.6 Å². The first kappa shape index (κ1) is 25.4. The minimum absolute atomic E-state index is 0.916. The molecule has 8 aromatic carbocycles. The van der Waals surface area contributed by atoms with Gasteiger partial charge in [-0.3, -0.25) is 8.80 Å². The van der Waals surface area contributed by atoms with Crippen LogP contribution in [0.2, 0.25) is 0 Å². The van der Waals surface area contributed by atoms with Gasteiger partial charge in [0.1, 0.15) is 11.2 Å². The molecular weight excluding hydrogens is 599 g/mol. The van der Waals surface area contributed by atoms with Gasteiger partial charge in [0.15, 0.2) is 0 Å². The molecule has 0 bridgehead atoms. The monoisotopic (exact) mass is 623 g/mol. The van der Waals surface area contributed by atoms with Crippen LogP contribution in [0.5, 0.6) is 0 Å². The van der Waals surface area contributed by atoms with Gasteiger partial charge in [-0.05, 0) is 98.4 Å². The standard InChI is InChI=1S/C45H25N3O/c1-3-9-30-23-39-35(19-28(30)7-1)37-21-33(25-41-44(37)48(39)45-46-38-22-29-8-2-4-10-31(29)24-40(38)47(41)45)27-15-13-26(14-16-27)32-17-18-43-36(20-32)34-11-5-6-12-42(34)49-43/h1-25H. The maximum Gasteiger partial charge on any atom is 0.220 e. The number of hydrogen-bond acceptors (Lipinski definition) is 2. The molecule has 0 saturated carbocycles. The summed E-state index contributed by atoms with van der Waals surface area (Å²) in [6.07, 6.45) is 0. The number of furan rings is 1. The Morgan fingerprint density at radius 1 is 0.388 bits per heavy atom. The molecule has 0 spiro atoms. The SMILES string of the molecule is c1ccc2cc3c(cc2c1)nc1n3c2cc(-c3ccc(-c4ccc5oc6ccccc6c5c4)cc3)cc3c4cc5ccccc5cc4n1c32. The number of aromatic nitrogens is 3. The van der Waals surface area contributed by atoms with Crippen LogP contribution in [0.25, 0.3) is 110 Å². The van der Waals surface area contributed by atoms with Crippen molar-refractivity contribution < 1.29 is 4.42 Å². The van der Waals surface area contributed by atoms with Gasteiger partial charge in [0.05, 0.1) is 27.6 Å². The van der Waals surface area contributed by atoms with Crippen molar-refractivity contribution in [3.05, 3.63) is 152 Å². The summed E-state index contributed by atoms with van der Waals surface area (Å²) in [5.74, 6) is 0.949. The summed E-state index contributed by atoms with van der Waals surface area (Å²) in [4.78, 5) is 5.29. The van der Waals surface area contributed by atoms with Gasteiger partial charge in [-0.2, -0.15) is 0 Å². The third-order valence-corrected chi connectivity index (χ3v) is 10.6. The number of hydrogen-bond donors (Lipinski definition) is 0. The van der Waals surface area contributed by atoms with Crippen LogP contribution in [0.4, 0.5) is 0 Å². The molecule has 49 heavy (non-hydrogen) atoms. The highest BCUT2D eigenvalue weighted by Gasteiger charge is 2.23. The summed E-state index contributed by atoms with van der Waals surface area (Å²) in [6.45, 7) is 0. The summed E-state index contributed by atoms with van der Waals surface area (Å²) in [6, 6.07) is 54.8. The molecule has 0 saturated heterocycles. The van der Waals surface area contributed by atoms with Crippen molar-refractivity contribution in [2.45, 2.75) is 0 Å². The maximum atomic E-state index is 6.09. The van der Waals surface area contributed by atoms with Gasteiger partial charge in [-0.15, -0.1) is 0 Å². The Balaban J connectivity index is 1.11. The van der Waals surface area contributed by atoms with E-state index in [-0.39, 0.29) is 0 Å². The lowest BCUT2D eigenvalue weighted by atomic mass is 9.97. The molecule has 0 aliphatic carbocycles. The zero-order valence-electron chi connectivity index (χ0n) is 26.2. The van der Waals surface area contributed by atoms with E-state index in [1.807, 2.05) is 12.1 Å². The molecular formula is C45H25N3O. The summed E-state index contributed by atoms with van der Waals surface area (Å²) < 4.78 is 10.8. The van der Waals surface area contributed by atoms with Gasteiger partial charge in [-0.25, -0.2) is 4.98 Å². The number of para-hydroxylation sites is 1. The van der Waals surface area contributed by atoms with Gasteiger partial charge in [0.25, 0.3) is 0 Å². The quantitative estimate of drug-likeness (QED) is 0.192. The van der Waals surface area contributed by atoms with Crippen LogP contribution in [-0.4, -0.2) is 13.8 Å². The molecule has 0 atom stereocenters. The summed E-state index contributed by atoms with van der Waals surface area (Å²) in [5, 5.41) is 9.68. The van der Waals surface area contributed by atoms with Gasteiger partial charge in [-0.1, -0.05) is 97.1 Å². The second-order valence-corrected chi connectivity index (χ2v) is 13.3. The van der Waals surface area contributed by atoms with Crippen LogP contribution in [0.3, 0.4) is 0 Å². The minimum Gasteiger partial charge on any atom is -0.456 e. The Kier molecular flexibility index (Phi) is 4.69. The minimum atomic E-state index is 0.916. The van der Waals surface area contributed by atoms with Crippen LogP contribution in [0.1, 0.15) is 0 Å². The lowest BCUT2D eigenvalue weighted by Crippen LogP contribution is -1.86. The van der Waals surface area contributed by atoms with Gasteiger partial charge in [0.2, 0.25) is 5.78 Å². The Bertz CT molecular complexity index is 3320. The smallest absolute Gasteiger partial charge is 0.220 e. The fourth-order valence-corrected chi connectivity index (χ4v) is 8.25. The van der Waals surface area contributed by atoms with E-state index < -0.39 is 0 Å². The highest BCUT2D eigenvalue weighted by atomic mass is 16.3. The molecule has 4 aromatic heterocycles. The van der Waals surface area contributed by atoms with E-state index in [1.54, 1.807) is 0 Å². The maximum absolute atomic E-state index is 6.09. The molecule has 12 aromatic rings. The third-order valence-electron chi connectivity index (χ3n) is 10.6. The first-order valence-electron chi connectivity index (χ1n) is 16.7. The number of nitrogens with zero attached hydrogens (tertiary/aromatic N) is 3. The molecule has 0 N–H and O–H groups in total. The molecule has 4 heterocycles. The van der Waals surface area contributed by atoms with Crippen LogP contribution in [0.15, 0.2) is 156 Å². The van der Waals surface area contributed by atoms with E-state index in [1.165, 1.54) is 71.1 Å². The fraction of sp³-hybridized carbons (Fsp3) is 0. The van der Waals surface area contributed by atoms with E-state index in [2.05, 4.69) is 148 Å². The zero-order chi connectivity index (χ0) is 31.8. The lowest BCUT2D eigenvalue weighted by molar-refractivity contribution is 0.669. The molecule has 0 aliphatic heterocycles. The number of benzene rings is 8. The number of rotatable bonds is 2. The average Bonchev–Trinajstić information content (AvgIpc) is 3.88. The second kappa shape index (κ2) is 9.03. The van der Waals surface area contributed by atoms with E-state index in [0.29, 0.717) is 0 Å². The van der Waals surface area contributed by atoms with Gasteiger partial charge < -0.3 is 4.42 Å². The highest BCUT2D eigenvalue weighted by Crippen LogP contribution is 2.42. The molecule has 12 rings (SSSR count). The lowest BCUT2D eigenvalue weighted by Gasteiger charge is -2.07.